The fourth-order valence-corrected chi connectivity index (χ4v) is 5.60. The molecule has 1 unspecified atom stereocenters. The van der Waals surface area contributed by atoms with Gasteiger partial charge in [0, 0.05) is 19.2 Å². The topological polar surface area (TPSA) is 114 Å². The van der Waals surface area contributed by atoms with Gasteiger partial charge in [-0.15, -0.1) is 0 Å². The number of ether oxygens (including phenoxy) is 3. The molecule has 0 heterocycles. The van der Waals surface area contributed by atoms with E-state index in [2.05, 4.69) is 5.32 Å². The highest BCUT2D eigenvalue weighted by Gasteiger charge is 2.33. The van der Waals surface area contributed by atoms with Gasteiger partial charge in [0.05, 0.1) is 31.9 Å². The van der Waals surface area contributed by atoms with Crippen molar-refractivity contribution in [3.8, 4) is 17.2 Å². The summed E-state index contributed by atoms with van der Waals surface area (Å²) in [6, 6.07) is 18.7. The van der Waals surface area contributed by atoms with E-state index in [-0.39, 0.29) is 23.0 Å². The van der Waals surface area contributed by atoms with Crippen LogP contribution in [-0.2, 0) is 26.2 Å². The molecule has 11 heteroatoms. The molecule has 10 nitrogen and oxygen atoms in total. The van der Waals surface area contributed by atoms with Crippen LogP contribution in [0.1, 0.15) is 25.8 Å². The minimum atomic E-state index is -4.20. The van der Waals surface area contributed by atoms with E-state index in [1.165, 1.54) is 44.4 Å². The predicted molar refractivity (Wildman–Crippen MR) is 157 cm³/mol. The smallest absolute Gasteiger partial charge is 0.264 e. The van der Waals surface area contributed by atoms with Crippen molar-refractivity contribution < 1.29 is 32.2 Å². The molecule has 0 radical (unpaired) electrons. The van der Waals surface area contributed by atoms with Crippen LogP contribution in [0.4, 0.5) is 5.69 Å². The van der Waals surface area contributed by atoms with Gasteiger partial charge in [0.15, 0.2) is 11.5 Å². The lowest BCUT2D eigenvalue weighted by atomic mass is 10.1. The average molecular weight is 584 g/mol. The Balaban J connectivity index is 2.07. The van der Waals surface area contributed by atoms with E-state index in [9.17, 15) is 18.0 Å². The van der Waals surface area contributed by atoms with Gasteiger partial charge < -0.3 is 24.4 Å². The highest BCUT2D eigenvalue weighted by Crippen LogP contribution is 2.34. The van der Waals surface area contributed by atoms with E-state index < -0.39 is 28.5 Å². The van der Waals surface area contributed by atoms with Gasteiger partial charge in [0.25, 0.3) is 10.0 Å². The number of sulfonamides is 1. The molecule has 0 aliphatic heterocycles. The number of amides is 2. The fraction of sp³-hybridized carbons (Fsp3) is 0.333. The van der Waals surface area contributed by atoms with Crippen molar-refractivity contribution in [2.45, 2.75) is 37.8 Å². The number of hydrogen-bond acceptors (Lipinski definition) is 7. The van der Waals surface area contributed by atoms with Crippen molar-refractivity contribution in [1.82, 2.24) is 10.2 Å². The Kier molecular flexibility index (Phi) is 11.0. The molecule has 0 fully saturated rings. The number of anilines is 1. The molecule has 0 saturated heterocycles. The second-order valence-electron chi connectivity index (χ2n) is 9.20. The summed E-state index contributed by atoms with van der Waals surface area (Å²) in [5.74, 6) is 0.385. The van der Waals surface area contributed by atoms with Crippen LogP contribution >= 0.6 is 0 Å². The fourth-order valence-electron chi connectivity index (χ4n) is 4.17. The lowest BCUT2D eigenvalue weighted by molar-refractivity contribution is -0.139. The Labute approximate surface area is 241 Å². The van der Waals surface area contributed by atoms with Crippen LogP contribution in [0.3, 0.4) is 0 Å². The maximum atomic E-state index is 14.0. The van der Waals surface area contributed by atoms with Gasteiger partial charge in [-0.3, -0.25) is 13.9 Å². The van der Waals surface area contributed by atoms with Crippen molar-refractivity contribution >= 4 is 27.5 Å². The van der Waals surface area contributed by atoms with Gasteiger partial charge >= 0.3 is 0 Å². The summed E-state index contributed by atoms with van der Waals surface area (Å²) < 4.78 is 44.9. The first-order valence-corrected chi connectivity index (χ1v) is 14.6. The van der Waals surface area contributed by atoms with E-state index in [1.807, 2.05) is 13.0 Å². The normalized spacial score (nSPS) is 11.7. The van der Waals surface area contributed by atoms with Crippen molar-refractivity contribution in [2.24, 2.45) is 0 Å². The Morgan fingerprint density at radius 3 is 2.22 bits per heavy atom. The molecular weight excluding hydrogens is 546 g/mol. The molecule has 0 aliphatic carbocycles. The molecular formula is C30H37N3O7S. The predicted octanol–water partition coefficient (Wildman–Crippen LogP) is 3.85. The minimum absolute atomic E-state index is 0.00988. The van der Waals surface area contributed by atoms with E-state index in [0.717, 1.165) is 16.3 Å². The number of methoxy groups -OCH3 is 3. The number of nitrogens with zero attached hydrogens (tertiary/aromatic N) is 2. The third-order valence-corrected chi connectivity index (χ3v) is 8.26. The Hall–Kier alpha value is -4.25. The zero-order valence-corrected chi connectivity index (χ0v) is 24.8. The van der Waals surface area contributed by atoms with Gasteiger partial charge in [-0.2, -0.15) is 0 Å². The zero-order chi connectivity index (χ0) is 30.0. The quantitative estimate of drug-likeness (QED) is 0.307. The molecule has 1 N–H and O–H groups in total. The first-order chi connectivity index (χ1) is 19.7. The number of benzene rings is 3. The summed E-state index contributed by atoms with van der Waals surface area (Å²) in [4.78, 5) is 28.4. The largest absolute Gasteiger partial charge is 0.497 e. The van der Waals surface area contributed by atoms with Crippen LogP contribution in [0, 0.1) is 0 Å². The van der Waals surface area contributed by atoms with Crippen molar-refractivity contribution in [3.63, 3.8) is 0 Å². The van der Waals surface area contributed by atoms with Crippen LogP contribution in [0.5, 0.6) is 17.2 Å². The van der Waals surface area contributed by atoms with Gasteiger partial charge in [-0.05, 0) is 55.3 Å². The molecule has 220 valence electrons. The standard InChI is InChI=1S/C30H37N3O7S/c1-6-17-31-30(35)22(2)32(20-23-11-10-12-25(18-23)38-3)29(34)21-33(41(36,37)26-13-8-7-9-14-26)24-15-16-27(39-4)28(19-24)40-5/h7-16,18-19,22H,6,17,20-21H2,1-5H3,(H,31,35). The number of carbonyl (C=O) groups excluding carboxylic acids is 2. The van der Waals surface area contributed by atoms with Gasteiger partial charge in [0.1, 0.15) is 18.3 Å². The molecule has 0 aromatic heterocycles. The highest BCUT2D eigenvalue weighted by molar-refractivity contribution is 7.92. The zero-order valence-electron chi connectivity index (χ0n) is 24.0. The summed E-state index contributed by atoms with van der Waals surface area (Å²) in [6.07, 6.45) is 0.727. The minimum Gasteiger partial charge on any atom is -0.497 e. The summed E-state index contributed by atoms with van der Waals surface area (Å²) >= 11 is 0. The van der Waals surface area contributed by atoms with Gasteiger partial charge in [0.2, 0.25) is 11.8 Å². The second kappa shape index (κ2) is 14.4. The number of nitrogens with one attached hydrogen (secondary N) is 1. The lowest BCUT2D eigenvalue weighted by Gasteiger charge is -2.32. The molecule has 3 aromatic rings. The molecule has 0 aliphatic rings. The van der Waals surface area contributed by atoms with Crippen molar-refractivity contribution in [2.75, 3.05) is 38.7 Å². The van der Waals surface area contributed by atoms with Crippen LogP contribution in [-0.4, -0.2) is 65.6 Å². The van der Waals surface area contributed by atoms with E-state index >= 15 is 0 Å². The maximum Gasteiger partial charge on any atom is 0.264 e. The van der Waals surface area contributed by atoms with Gasteiger partial charge in [-0.1, -0.05) is 37.3 Å². The molecule has 0 saturated carbocycles. The van der Waals surface area contributed by atoms with E-state index in [1.54, 1.807) is 55.5 Å². The van der Waals surface area contributed by atoms with E-state index in [0.29, 0.717) is 23.8 Å². The Morgan fingerprint density at radius 2 is 1.59 bits per heavy atom. The molecule has 3 aromatic carbocycles. The number of rotatable bonds is 14. The second-order valence-corrected chi connectivity index (χ2v) is 11.1. The monoisotopic (exact) mass is 583 g/mol. The van der Waals surface area contributed by atoms with Crippen LogP contribution in [0.2, 0.25) is 0 Å². The summed E-state index contributed by atoms with van der Waals surface area (Å²) in [7, 11) is 0.251. The molecule has 0 spiro atoms. The number of carbonyl (C=O) groups is 2. The molecule has 41 heavy (non-hydrogen) atoms. The van der Waals surface area contributed by atoms with Crippen LogP contribution < -0.4 is 23.8 Å². The first kappa shape index (κ1) is 31.3. The molecule has 0 bridgehead atoms. The summed E-state index contributed by atoms with van der Waals surface area (Å²) in [5, 5.41) is 2.82. The van der Waals surface area contributed by atoms with Gasteiger partial charge in [-0.25, -0.2) is 8.42 Å². The van der Waals surface area contributed by atoms with Crippen molar-refractivity contribution in [1.29, 1.82) is 0 Å². The SMILES string of the molecule is CCCNC(=O)C(C)N(Cc1cccc(OC)c1)C(=O)CN(c1ccc(OC)c(OC)c1)S(=O)(=O)c1ccccc1. The first-order valence-electron chi connectivity index (χ1n) is 13.2. The van der Waals surface area contributed by atoms with Crippen LogP contribution in [0.15, 0.2) is 77.7 Å². The third kappa shape index (κ3) is 7.69. The summed E-state index contributed by atoms with van der Waals surface area (Å²) in [6.45, 7) is 3.49. The van der Waals surface area contributed by atoms with Crippen LogP contribution in [0.25, 0.3) is 0 Å². The summed E-state index contributed by atoms with van der Waals surface area (Å²) in [5.41, 5.74) is 0.917. The molecule has 1 atom stereocenters. The highest BCUT2D eigenvalue weighted by atomic mass is 32.2. The van der Waals surface area contributed by atoms with E-state index in [4.69, 9.17) is 14.2 Å². The van der Waals surface area contributed by atoms with Crippen molar-refractivity contribution in [3.05, 3.63) is 78.4 Å². The maximum absolute atomic E-state index is 14.0. The Morgan fingerprint density at radius 1 is 0.878 bits per heavy atom. The lowest BCUT2D eigenvalue weighted by Crippen LogP contribution is -2.51. The number of hydrogen-bond donors (Lipinski definition) is 1. The molecule has 3 rings (SSSR count). The molecule has 2 amide bonds. The average Bonchev–Trinajstić information content (AvgIpc) is 3.00. The Bertz CT molecular complexity index is 1430. The third-order valence-electron chi connectivity index (χ3n) is 6.47.